The van der Waals surface area contributed by atoms with E-state index < -0.39 is 17.4 Å². The summed E-state index contributed by atoms with van der Waals surface area (Å²) in [5, 5.41) is 0. The van der Waals surface area contributed by atoms with Gasteiger partial charge in [-0.25, -0.2) is 0 Å². The van der Waals surface area contributed by atoms with Crippen molar-refractivity contribution >= 4 is 17.1 Å². The van der Waals surface area contributed by atoms with E-state index in [-0.39, 0.29) is 10.5 Å². The molecule has 0 unspecified atom stereocenters. The molecule has 0 heterocycles. The van der Waals surface area contributed by atoms with Crippen LogP contribution in [0, 0.1) is 0 Å². The summed E-state index contributed by atoms with van der Waals surface area (Å²) in [7, 11) is 0. The summed E-state index contributed by atoms with van der Waals surface area (Å²) in [6.07, 6.45) is 1.79. The number of carbonyl (C=O) groups excluding carboxylic acids is 1. The Morgan fingerprint density at radius 1 is 1.50 bits per heavy atom. The highest BCUT2D eigenvalue weighted by molar-refractivity contribution is 7.90. The average Bonchev–Trinajstić information content (AvgIpc) is 2.09. The Hall–Kier alpha value is -0.0600. The van der Waals surface area contributed by atoms with Gasteiger partial charge in [-0.15, -0.1) is 4.72 Å². The fourth-order valence-corrected chi connectivity index (χ4v) is 1.99. The molecule has 0 radical (unpaired) electrons. The second-order valence-electron chi connectivity index (χ2n) is 4.63. The molecule has 14 heavy (non-hydrogen) atoms. The number of nitrogens with one attached hydrogen (secondary N) is 1. The summed E-state index contributed by atoms with van der Waals surface area (Å²) in [6, 6.07) is -0.883. The van der Waals surface area contributed by atoms with E-state index in [0.29, 0.717) is 25.7 Å². The number of carbonyl (C=O) groups is 1. The third-order valence-corrected chi connectivity index (χ3v) is 3.79. The predicted octanol–water partition coefficient (Wildman–Crippen LogP) is 1.55. The van der Waals surface area contributed by atoms with Crippen LogP contribution in [-0.2, 0) is 16.2 Å². The Morgan fingerprint density at radius 2 is 2.00 bits per heavy atom. The van der Waals surface area contributed by atoms with Gasteiger partial charge in [-0.2, -0.15) is 0 Å². The Labute approximate surface area is 90.4 Å². The van der Waals surface area contributed by atoms with E-state index in [1.54, 1.807) is 0 Å². The lowest BCUT2D eigenvalue weighted by atomic mass is 9.95. The third-order valence-electron chi connectivity index (χ3n) is 2.20. The van der Waals surface area contributed by atoms with E-state index in [2.05, 4.69) is 4.72 Å². The van der Waals surface area contributed by atoms with Crippen LogP contribution in [0.1, 0.15) is 47.8 Å². The molecule has 0 bridgehead atoms. The molecule has 0 aromatic heterocycles. The predicted molar refractivity (Wildman–Crippen MR) is 58.3 cm³/mol. The summed E-state index contributed by atoms with van der Waals surface area (Å²) in [4.78, 5) is 11.0. The standard InChI is InChI=1S/C10H19NO2S/c1-10(2,3)14(13)11-8-4-6-9(12)7-5-8/h8,11H,4-7H2,1-3H3/t14-/m1/s1/i8D. The zero-order valence-corrected chi connectivity index (χ0v) is 9.87. The van der Waals surface area contributed by atoms with Crippen LogP contribution in [0.2, 0.25) is 0 Å². The van der Waals surface area contributed by atoms with Crippen molar-refractivity contribution in [3.05, 3.63) is 0 Å². The SMILES string of the molecule is [2H]C1(N[S@+]([O-])C(C)(C)C)CCC(=O)CC1. The van der Waals surface area contributed by atoms with Gasteiger partial charge < -0.3 is 4.55 Å². The average molecular weight is 218 g/mol. The summed E-state index contributed by atoms with van der Waals surface area (Å²) in [6.45, 7) is 5.61. The second-order valence-corrected chi connectivity index (χ2v) is 6.59. The number of hydrogen-bond donors (Lipinski definition) is 1. The second kappa shape index (κ2) is 4.64. The Kier molecular flexibility index (Phi) is 3.47. The number of rotatable bonds is 2. The molecule has 1 saturated carbocycles. The molecule has 0 amide bonds. The van der Waals surface area contributed by atoms with Crippen molar-refractivity contribution < 1.29 is 10.7 Å². The molecule has 0 aliphatic heterocycles. The maximum Gasteiger partial charge on any atom is 0.136 e. The van der Waals surface area contributed by atoms with Crippen molar-refractivity contribution in [2.45, 2.75) is 57.2 Å². The minimum absolute atomic E-state index is 0.209. The van der Waals surface area contributed by atoms with Gasteiger partial charge in [0.2, 0.25) is 0 Å². The van der Waals surface area contributed by atoms with Gasteiger partial charge in [0.1, 0.15) is 10.5 Å². The van der Waals surface area contributed by atoms with Crippen LogP contribution in [0.3, 0.4) is 0 Å². The van der Waals surface area contributed by atoms with Gasteiger partial charge in [-0.3, -0.25) is 4.79 Å². The molecule has 82 valence electrons. The van der Waals surface area contributed by atoms with E-state index in [0.717, 1.165) is 0 Å². The van der Waals surface area contributed by atoms with Gasteiger partial charge in [0, 0.05) is 24.2 Å². The van der Waals surface area contributed by atoms with E-state index in [9.17, 15) is 9.35 Å². The van der Waals surface area contributed by atoms with Crippen LogP contribution in [-0.4, -0.2) is 21.1 Å². The molecule has 0 aromatic carbocycles. The molecule has 1 aliphatic carbocycles. The van der Waals surface area contributed by atoms with E-state index in [1.165, 1.54) is 0 Å². The van der Waals surface area contributed by atoms with Crippen molar-refractivity contribution in [3.63, 3.8) is 0 Å². The first-order chi connectivity index (χ1) is 6.73. The van der Waals surface area contributed by atoms with Crippen LogP contribution in [0.4, 0.5) is 0 Å². The first kappa shape index (κ1) is 10.5. The number of Topliss-reactive ketones (excluding diaryl/α,β-unsaturated/α-hetero) is 1. The van der Waals surface area contributed by atoms with Crippen LogP contribution in [0.25, 0.3) is 0 Å². The van der Waals surface area contributed by atoms with Gasteiger partial charge in [0.25, 0.3) is 0 Å². The molecule has 1 rings (SSSR count). The minimum atomic E-state index is -1.23. The highest BCUT2D eigenvalue weighted by atomic mass is 32.2. The lowest BCUT2D eigenvalue weighted by molar-refractivity contribution is -0.120. The lowest BCUT2D eigenvalue weighted by Crippen LogP contribution is -2.45. The summed E-state index contributed by atoms with van der Waals surface area (Å²) in [5.74, 6) is 0.209. The first-order valence-corrected chi connectivity index (χ1v) is 6.09. The van der Waals surface area contributed by atoms with Gasteiger partial charge in [-0.05, 0) is 33.6 Å². The van der Waals surface area contributed by atoms with Crippen molar-refractivity contribution in [2.24, 2.45) is 0 Å². The highest BCUT2D eigenvalue weighted by Gasteiger charge is 2.30. The fraction of sp³-hybridized carbons (Fsp3) is 0.900. The smallest absolute Gasteiger partial charge is 0.136 e. The molecule has 4 heteroatoms. The topological polar surface area (TPSA) is 52.2 Å². The maximum atomic E-state index is 11.8. The quantitative estimate of drug-likeness (QED) is 0.715. The van der Waals surface area contributed by atoms with Gasteiger partial charge in [-0.1, -0.05) is 0 Å². The van der Waals surface area contributed by atoms with Crippen LogP contribution >= 0.6 is 0 Å². The van der Waals surface area contributed by atoms with Gasteiger partial charge in [0.15, 0.2) is 0 Å². The lowest BCUT2D eigenvalue weighted by Gasteiger charge is -2.29. The summed E-state index contributed by atoms with van der Waals surface area (Å²) in [5.41, 5.74) is 0. The Morgan fingerprint density at radius 3 is 2.43 bits per heavy atom. The Balaban J connectivity index is 2.53. The van der Waals surface area contributed by atoms with E-state index >= 15 is 0 Å². The monoisotopic (exact) mass is 218 g/mol. The highest BCUT2D eigenvalue weighted by Crippen LogP contribution is 2.19. The van der Waals surface area contributed by atoms with Crippen molar-refractivity contribution in [2.75, 3.05) is 0 Å². The van der Waals surface area contributed by atoms with Crippen molar-refractivity contribution in [3.8, 4) is 0 Å². The van der Waals surface area contributed by atoms with Gasteiger partial charge in [0.05, 0.1) is 7.39 Å². The molecule has 0 spiro atoms. The largest absolute Gasteiger partial charge is 0.598 e. The van der Waals surface area contributed by atoms with E-state index in [1.807, 2.05) is 20.8 Å². The molecule has 1 N–H and O–H groups in total. The number of hydrogen-bond acceptors (Lipinski definition) is 3. The fourth-order valence-electron chi connectivity index (χ4n) is 1.22. The minimum Gasteiger partial charge on any atom is -0.598 e. The molecule has 1 aliphatic rings. The first-order valence-electron chi connectivity index (χ1n) is 5.44. The Bertz CT molecular complexity index is 242. The summed E-state index contributed by atoms with van der Waals surface area (Å²) >= 11 is -1.23. The summed E-state index contributed by atoms with van der Waals surface area (Å²) < 4.78 is 22.4. The zero-order valence-electron chi connectivity index (χ0n) is 10.1. The molecular formula is C10H19NO2S. The number of ketones is 1. The molecule has 0 aromatic rings. The van der Waals surface area contributed by atoms with Crippen LogP contribution in [0.15, 0.2) is 0 Å². The molecule has 1 atom stereocenters. The maximum absolute atomic E-state index is 11.8. The van der Waals surface area contributed by atoms with Crippen LogP contribution in [0.5, 0.6) is 0 Å². The van der Waals surface area contributed by atoms with Crippen molar-refractivity contribution in [1.29, 1.82) is 0 Å². The van der Waals surface area contributed by atoms with Crippen molar-refractivity contribution in [1.82, 2.24) is 4.72 Å². The molecule has 3 nitrogen and oxygen atoms in total. The molecule has 0 saturated heterocycles. The third kappa shape index (κ3) is 3.59. The zero-order chi connectivity index (χ0) is 11.7. The van der Waals surface area contributed by atoms with Gasteiger partial charge >= 0.3 is 0 Å². The molecular weight excluding hydrogens is 198 g/mol. The normalized spacial score (nSPS) is 25.7. The van der Waals surface area contributed by atoms with E-state index in [4.69, 9.17) is 1.37 Å². The molecule has 1 fully saturated rings. The van der Waals surface area contributed by atoms with Crippen LogP contribution < -0.4 is 4.72 Å².